The Morgan fingerprint density at radius 2 is 2.31 bits per heavy atom. The summed E-state index contributed by atoms with van der Waals surface area (Å²) in [6.45, 7) is 7.56. The van der Waals surface area contributed by atoms with Crippen LogP contribution in [0, 0.1) is 0 Å². The summed E-state index contributed by atoms with van der Waals surface area (Å²) < 4.78 is 5.48. The Morgan fingerprint density at radius 1 is 1.62 bits per heavy atom. The van der Waals surface area contributed by atoms with Gasteiger partial charge in [0, 0.05) is 18.7 Å². The summed E-state index contributed by atoms with van der Waals surface area (Å²) >= 11 is 0. The Hall–Kier alpha value is -0.120. The Labute approximate surface area is 80.5 Å². The van der Waals surface area contributed by atoms with Gasteiger partial charge in [0.25, 0.3) is 0 Å². The van der Waals surface area contributed by atoms with Crippen molar-refractivity contribution < 1.29 is 9.84 Å². The number of rotatable bonds is 4. The number of ether oxygens (including phenoxy) is 1. The molecule has 2 unspecified atom stereocenters. The molecular formula is C10H21NO2. The molecule has 1 aliphatic rings. The third kappa shape index (κ3) is 3.25. The molecule has 0 radical (unpaired) electrons. The van der Waals surface area contributed by atoms with E-state index in [0.29, 0.717) is 6.10 Å². The van der Waals surface area contributed by atoms with Crippen molar-refractivity contribution in [1.29, 1.82) is 0 Å². The molecule has 0 amide bonds. The number of aliphatic hydroxyl groups excluding tert-OH is 1. The quantitative estimate of drug-likeness (QED) is 0.687. The summed E-state index contributed by atoms with van der Waals surface area (Å²) in [5.41, 5.74) is -0.216. The zero-order valence-corrected chi connectivity index (χ0v) is 8.84. The van der Waals surface area contributed by atoms with Crippen LogP contribution in [0.1, 0.15) is 33.6 Å². The van der Waals surface area contributed by atoms with Crippen LogP contribution < -0.4 is 5.32 Å². The first kappa shape index (κ1) is 11.0. The van der Waals surface area contributed by atoms with Gasteiger partial charge in [-0.25, -0.2) is 0 Å². The minimum absolute atomic E-state index is 0.216. The fourth-order valence-corrected chi connectivity index (χ4v) is 1.33. The average Bonchev–Trinajstić information content (AvgIpc) is 2.52. The zero-order chi connectivity index (χ0) is 9.90. The van der Waals surface area contributed by atoms with E-state index in [2.05, 4.69) is 5.32 Å². The fraction of sp³-hybridized carbons (Fsp3) is 1.00. The van der Waals surface area contributed by atoms with E-state index in [0.717, 1.165) is 19.6 Å². The number of nitrogens with one attached hydrogen (secondary N) is 1. The molecule has 1 heterocycles. The largest absolute Gasteiger partial charge is 0.392 e. The highest BCUT2D eigenvalue weighted by atomic mass is 16.5. The molecule has 3 heteroatoms. The Bertz CT molecular complexity index is 151. The van der Waals surface area contributed by atoms with Gasteiger partial charge in [0.1, 0.15) is 0 Å². The summed E-state index contributed by atoms with van der Waals surface area (Å²) in [7, 11) is 0. The van der Waals surface area contributed by atoms with Gasteiger partial charge >= 0.3 is 0 Å². The van der Waals surface area contributed by atoms with Gasteiger partial charge < -0.3 is 15.2 Å². The van der Waals surface area contributed by atoms with Crippen molar-refractivity contribution in [3.05, 3.63) is 0 Å². The van der Waals surface area contributed by atoms with Crippen LogP contribution in [-0.4, -0.2) is 36.0 Å². The molecule has 0 aliphatic carbocycles. The van der Waals surface area contributed by atoms with Gasteiger partial charge in [0.2, 0.25) is 0 Å². The Balaban J connectivity index is 2.24. The summed E-state index contributed by atoms with van der Waals surface area (Å²) in [4.78, 5) is 0. The molecule has 3 nitrogen and oxygen atoms in total. The maximum Gasteiger partial charge on any atom is 0.0700 e. The van der Waals surface area contributed by atoms with Crippen molar-refractivity contribution >= 4 is 0 Å². The van der Waals surface area contributed by atoms with Crippen molar-refractivity contribution in [1.82, 2.24) is 5.32 Å². The lowest BCUT2D eigenvalue weighted by molar-refractivity contribution is 0.0675. The van der Waals surface area contributed by atoms with E-state index in [1.807, 2.05) is 20.8 Å². The van der Waals surface area contributed by atoms with Crippen molar-refractivity contribution in [2.75, 3.05) is 13.2 Å². The first-order valence-corrected chi connectivity index (χ1v) is 5.07. The normalized spacial score (nSPS) is 26.3. The first-order valence-electron chi connectivity index (χ1n) is 5.07. The molecule has 0 aromatic rings. The summed E-state index contributed by atoms with van der Waals surface area (Å²) in [5, 5.41) is 12.8. The van der Waals surface area contributed by atoms with Gasteiger partial charge in [-0.05, 0) is 33.6 Å². The smallest absolute Gasteiger partial charge is 0.0700 e. The van der Waals surface area contributed by atoms with Gasteiger partial charge in [0.05, 0.1) is 12.2 Å². The first-order chi connectivity index (χ1) is 6.02. The second-order valence-corrected chi connectivity index (χ2v) is 4.41. The van der Waals surface area contributed by atoms with Crippen LogP contribution >= 0.6 is 0 Å². The van der Waals surface area contributed by atoms with Crippen LogP contribution in [0.25, 0.3) is 0 Å². The average molecular weight is 187 g/mol. The molecule has 1 fully saturated rings. The standard InChI is InChI=1S/C10H21NO2/c1-8(12)10(2,3)11-7-9-5-4-6-13-9/h8-9,11-12H,4-7H2,1-3H3. The number of aliphatic hydroxyl groups is 1. The molecule has 1 rings (SSSR count). The van der Waals surface area contributed by atoms with E-state index >= 15 is 0 Å². The van der Waals surface area contributed by atoms with Crippen LogP contribution in [0.15, 0.2) is 0 Å². The molecular weight excluding hydrogens is 166 g/mol. The predicted molar refractivity (Wildman–Crippen MR) is 52.7 cm³/mol. The van der Waals surface area contributed by atoms with E-state index in [1.165, 1.54) is 6.42 Å². The molecule has 0 spiro atoms. The van der Waals surface area contributed by atoms with Crippen molar-refractivity contribution in [2.45, 2.75) is 51.4 Å². The molecule has 1 aliphatic heterocycles. The van der Waals surface area contributed by atoms with Crippen molar-refractivity contribution in [3.8, 4) is 0 Å². The molecule has 0 aromatic heterocycles. The lowest BCUT2D eigenvalue weighted by Crippen LogP contribution is -2.50. The molecule has 78 valence electrons. The third-order valence-electron chi connectivity index (χ3n) is 2.85. The van der Waals surface area contributed by atoms with E-state index in [4.69, 9.17) is 4.74 Å². The topological polar surface area (TPSA) is 41.5 Å². The number of hydrogen-bond acceptors (Lipinski definition) is 3. The van der Waals surface area contributed by atoms with Crippen LogP contribution in [0.2, 0.25) is 0 Å². The van der Waals surface area contributed by atoms with E-state index in [9.17, 15) is 5.11 Å². The maximum absolute atomic E-state index is 9.45. The lowest BCUT2D eigenvalue weighted by atomic mass is 9.98. The van der Waals surface area contributed by atoms with Crippen molar-refractivity contribution in [2.24, 2.45) is 0 Å². The van der Waals surface area contributed by atoms with Gasteiger partial charge in [0.15, 0.2) is 0 Å². The van der Waals surface area contributed by atoms with Crippen LogP contribution in [0.3, 0.4) is 0 Å². The second-order valence-electron chi connectivity index (χ2n) is 4.41. The Kier molecular flexibility index (Phi) is 3.71. The van der Waals surface area contributed by atoms with Gasteiger partial charge in [-0.3, -0.25) is 0 Å². The molecule has 0 saturated carbocycles. The fourth-order valence-electron chi connectivity index (χ4n) is 1.33. The molecule has 0 aromatic carbocycles. The van der Waals surface area contributed by atoms with Crippen molar-refractivity contribution in [3.63, 3.8) is 0 Å². The zero-order valence-electron chi connectivity index (χ0n) is 8.84. The van der Waals surface area contributed by atoms with E-state index in [1.54, 1.807) is 0 Å². The summed E-state index contributed by atoms with van der Waals surface area (Å²) in [6.07, 6.45) is 2.32. The molecule has 13 heavy (non-hydrogen) atoms. The molecule has 0 bridgehead atoms. The highest BCUT2D eigenvalue weighted by molar-refractivity contribution is 4.84. The summed E-state index contributed by atoms with van der Waals surface area (Å²) in [5.74, 6) is 0. The molecule has 2 atom stereocenters. The predicted octanol–water partition coefficient (Wildman–Crippen LogP) is 0.914. The van der Waals surface area contributed by atoms with Gasteiger partial charge in [-0.2, -0.15) is 0 Å². The van der Waals surface area contributed by atoms with Crippen LogP contribution in [0.5, 0.6) is 0 Å². The maximum atomic E-state index is 9.45. The minimum atomic E-state index is -0.339. The lowest BCUT2D eigenvalue weighted by Gasteiger charge is -2.30. The third-order valence-corrected chi connectivity index (χ3v) is 2.85. The highest BCUT2D eigenvalue weighted by Crippen LogP contribution is 2.13. The summed E-state index contributed by atoms with van der Waals surface area (Å²) in [6, 6.07) is 0. The van der Waals surface area contributed by atoms with E-state index < -0.39 is 0 Å². The number of hydrogen-bond donors (Lipinski definition) is 2. The molecule has 1 saturated heterocycles. The van der Waals surface area contributed by atoms with E-state index in [-0.39, 0.29) is 11.6 Å². The van der Waals surface area contributed by atoms with Gasteiger partial charge in [-0.1, -0.05) is 0 Å². The van der Waals surface area contributed by atoms with Crippen LogP contribution in [-0.2, 0) is 4.74 Å². The SMILES string of the molecule is CC(O)C(C)(C)NCC1CCCO1. The monoisotopic (exact) mass is 187 g/mol. The van der Waals surface area contributed by atoms with Gasteiger partial charge in [-0.15, -0.1) is 0 Å². The second kappa shape index (κ2) is 4.40. The minimum Gasteiger partial charge on any atom is -0.392 e. The molecule has 2 N–H and O–H groups in total. The van der Waals surface area contributed by atoms with Crippen LogP contribution in [0.4, 0.5) is 0 Å². The Morgan fingerprint density at radius 3 is 2.77 bits per heavy atom. The highest BCUT2D eigenvalue weighted by Gasteiger charge is 2.25.